The van der Waals surface area contributed by atoms with Gasteiger partial charge >= 0.3 is 0 Å². The van der Waals surface area contributed by atoms with Crippen LogP contribution >= 0.6 is 58.0 Å². The molecule has 27 heavy (non-hydrogen) atoms. The van der Waals surface area contributed by atoms with Gasteiger partial charge in [0.05, 0.1) is 30.7 Å². The number of benzene rings is 1. The number of nitrogens with one attached hydrogen (secondary N) is 2. The Morgan fingerprint density at radius 1 is 1.07 bits per heavy atom. The number of nitrogens with zero attached hydrogens (tertiary/aromatic N) is 4. The fourth-order valence-corrected chi connectivity index (χ4v) is 2.35. The van der Waals surface area contributed by atoms with E-state index in [1.54, 1.807) is 39.2 Å². The third kappa shape index (κ3) is 6.64. The SMILES string of the molecule is CC(CNc1nc(Nc2ccc(Cl)c(Cl)c2)nc(C(Cl)(Cl)Cl)n1)[N+](C)(C)[O-]. The van der Waals surface area contributed by atoms with Gasteiger partial charge in [-0.3, -0.25) is 0 Å². The Morgan fingerprint density at radius 3 is 2.26 bits per heavy atom. The average Bonchev–Trinajstić information content (AvgIpc) is 2.54. The van der Waals surface area contributed by atoms with Gasteiger partial charge in [-0.05, 0) is 25.1 Å². The van der Waals surface area contributed by atoms with Gasteiger partial charge in [0.1, 0.15) is 6.04 Å². The smallest absolute Gasteiger partial charge is 0.250 e. The molecule has 0 amide bonds. The number of anilines is 3. The first-order valence-corrected chi connectivity index (χ1v) is 9.59. The van der Waals surface area contributed by atoms with Crippen LogP contribution in [-0.4, -0.2) is 46.3 Å². The molecule has 0 aliphatic carbocycles. The number of hydrogen-bond donors (Lipinski definition) is 2. The summed E-state index contributed by atoms with van der Waals surface area (Å²) in [5.74, 6) is 0.223. The summed E-state index contributed by atoms with van der Waals surface area (Å²) < 4.78 is -2.34. The Bertz CT molecular complexity index is 808. The first-order chi connectivity index (χ1) is 12.4. The minimum Gasteiger partial charge on any atom is -0.633 e. The van der Waals surface area contributed by atoms with Crippen molar-refractivity contribution in [3.63, 3.8) is 0 Å². The molecule has 0 spiro atoms. The molecule has 7 nitrogen and oxygen atoms in total. The lowest BCUT2D eigenvalue weighted by atomic mass is 10.3. The number of rotatable bonds is 6. The molecule has 0 aliphatic heterocycles. The molecule has 0 radical (unpaired) electrons. The second kappa shape index (κ2) is 8.69. The fraction of sp³-hybridized carbons (Fsp3) is 0.400. The minimum absolute atomic E-state index is 0.0731. The Kier molecular flexibility index (Phi) is 7.24. The van der Waals surface area contributed by atoms with Crippen molar-refractivity contribution in [2.24, 2.45) is 0 Å². The number of likely N-dealkylation sites (N-methyl/N-ethyl adjacent to an activating group) is 1. The van der Waals surface area contributed by atoms with Crippen molar-refractivity contribution in [3.8, 4) is 0 Å². The van der Waals surface area contributed by atoms with E-state index in [0.717, 1.165) is 0 Å². The maximum Gasteiger partial charge on any atom is 0.250 e. The van der Waals surface area contributed by atoms with Crippen molar-refractivity contribution in [3.05, 3.63) is 39.3 Å². The number of alkyl halides is 3. The summed E-state index contributed by atoms with van der Waals surface area (Å²) in [6.45, 7) is 2.11. The van der Waals surface area contributed by atoms with Crippen LogP contribution in [0.1, 0.15) is 12.7 Å². The van der Waals surface area contributed by atoms with Crippen molar-refractivity contribution in [2.45, 2.75) is 16.8 Å². The third-order valence-electron chi connectivity index (χ3n) is 3.68. The van der Waals surface area contributed by atoms with E-state index < -0.39 is 8.44 Å². The number of aromatic nitrogens is 3. The normalized spacial score (nSPS) is 13.4. The highest BCUT2D eigenvalue weighted by Crippen LogP contribution is 2.36. The summed E-state index contributed by atoms with van der Waals surface area (Å²) in [7, 11) is 3.09. The molecule has 0 bridgehead atoms. The van der Waals surface area contributed by atoms with Gasteiger partial charge in [-0.2, -0.15) is 15.0 Å². The van der Waals surface area contributed by atoms with Gasteiger partial charge < -0.3 is 20.5 Å². The van der Waals surface area contributed by atoms with Gasteiger partial charge in [0.2, 0.25) is 15.7 Å². The molecule has 1 atom stereocenters. The summed E-state index contributed by atoms with van der Waals surface area (Å²) in [5, 5.41) is 18.7. The van der Waals surface area contributed by atoms with Crippen LogP contribution in [0.3, 0.4) is 0 Å². The quantitative estimate of drug-likeness (QED) is 0.343. The maximum atomic E-state index is 12.0. The Labute approximate surface area is 182 Å². The molecule has 1 heterocycles. The van der Waals surface area contributed by atoms with Gasteiger partial charge in [-0.15, -0.1) is 0 Å². The first-order valence-electron chi connectivity index (χ1n) is 7.70. The molecule has 0 saturated carbocycles. The Morgan fingerprint density at radius 2 is 1.70 bits per heavy atom. The van der Waals surface area contributed by atoms with Gasteiger partial charge in [0, 0.05) is 5.69 Å². The number of hydrogen-bond acceptors (Lipinski definition) is 6. The molecule has 1 unspecified atom stereocenters. The zero-order chi connectivity index (χ0) is 20.4. The van der Waals surface area contributed by atoms with E-state index >= 15 is 0 Å². The lowest BCUT2D eigenvalue weighted by molar-refractivity contribution is -0.862. The van der Waals surface area contributed by atoms with Crippen LogP contribution in [0.4, 0.5) is 17.6 Å². The Balaban J connectivity index is 2.29. The van der Waals surface area contributed by atoms with Crippen molar-refractivity contribution in [1.29, 1.82) is 0 Å². The van der Waals surface area contributed by atoms with Crippen LogP contribution in [0.15, 0.2) is 18.2 Å². The number of quaternary nitrogens is 1. The second-order valence-corrected chi connectivity index (χ2v) is 9.32. The minimum atomic E-state index is -1.85. The number of halogens is 5. The summed E-state index contributed by atoms with van der Waals surface area (Å²) in [5.41, 5.74) is 0.586. The first kappa shape index (κ1) is 22.5. The van der Waals surface area contributed by atoms with Gasteiger partial charge in [0.15, 0.2) is 5.82 Å². The molecular formula is C15H17Cl5N6O. The molecule has 148 valence electrons. The van der Waals surface area contributed by atoms with E-state index in [1.807, 2.05) is 0 Å². The molecule has 2 N–H and O–H groups in total. The third-order valence-corrected chi connectivity index (χ3v) is 4.93. The highest BCUT2D eigenvalue weighted by atomic mass is 35.6. The largest absolute Gasteiger partial charge is 0.633 e. The van der Waals surface area contributed by atoms with E-state index in [-0.39, 0.29) is 23.8 Å². The van der Waals surface area contributed by atoms with Crippen molar-refractivity contribution < 1.29 is 4.65 Å². The average molecular weight is 475 g/mol. The van der Waals surface area contributed by atoms with Crippen molar-refractivity contribution in [2.75, 3.05) is 31.3 Å². The summed E-state index contributed by atoms with van der Waals surface area (Å²) in [6.07, 6.45) is 0. The molecule has 12 heteroatoms. The van der Waals surface area contributed by atoms with E-state index in [0.29, 0.717) is 22.3 Å². The summed E-state index contributed by atoms with van der Waals surface area (Å²) in [4.78, 5) is 12.5. The molecule has 0 saturated heterocycles. The van der Waals surface area contributed by atoms with Crippen LogP contribution in [-0.2, 0) is 3.79 Å². The zero-order valence-corrected chi connectivity index (χ0v) is 18.4. The van der Waals surface area contributed by atoms with Crippen LogP contribution in [0.2, 0.25) is 10.0 Å². The second-order valence-electron chi connectivity index (χ2n) is 6.22. The van der Waals surface area contributed by atoms with E-state index in [1.165, 1.54) is 0 Å². The van der Waals surface area contributed by atoms with Crippen LogP contribution < -0.4 is 10.6 Å². The van der Waals surface area contributed by atoms with E-state index in [9.17, 15) is 5.21 Å². The Hall–Kier alpha value is -0.800. The van der Waals surface area contributed by atoms with Crippen LogP contribution in [0.5, 0.6) is 0 Å². The molecule has 0 aliphatic rings. The predicted molar refractivity (Wildman–Crippen MR) is 112 cm³/mol. The van der Waals surface area contributed by atoms with Crippen molar-refractivity contribution >= 4 is 75.6 Å². The fourth-order valence-electron chi connectivity index (χ4n) is 1.80. The molecule has 2 aromatic rings. The monoisotopic (exact) mass is 472 g/mol. The molecule has 1 aromatic carbocycles. The van der Waals surface area contributed by atoms with Gasteiger partial charge in [0.25, 0.3) is 0 Å². The molecule has 1 aromatic heterocycles. The molecular weight excluding hydrogens is 457 g/mol. The van der Waals surface area contributed by atoms with Crippen molar-refractivity contribution in [1.82, 2.24) is 15.0 Å². The van der Waals surface area contributed by atoms with Gasteiger partial charge in [-0.25, -0.2) is 0 Å². The zero-order valence-electron chi connectivity index (χ0n) is 14.6. The van der Waals surface area contributed by atoms with Gasteiger partial charge in [-0.1, -0.05) is 58.0 Å². The highest BCUT2D eigenvalue weighted by Gasteiger charge is 2.28. The lowest BCUT2D eigenvalue weighted by Crippen LogP contribution is -2.45. The molecule has 2 rings (SSSR count). The number of hydroxylamine groups is 3. The summed E-state index contributed by atoms with van der Waals surface area (Å²) >= 11 is 29.7. The highest BCUT2D eigenvalue weighted by molar-refractivity contribution is 6.66. The van der Waals surface area contributed by atoms with E-state index in [4.69, 9.17) is 58.0 Å². The van der Waals surface area contributed by atoms with E-state index in [2.05, 4.69) is 25.6 Å². The predicted octanol–water partition coefficient (Wildman–Crippen LogP) is 5.12. The summed E-state index contributed by atoms with van der Waals surface area (Å²) in [6, 6.07) is 4.66. The van der Waals surface area contributed by atoms with Crippen LogP contribution in [0, 0.1) is 5.21 Å². The molecule has 0 fully saturated rings. The van der Waals surface area contributed by atoms with Crippen LogP contribution in [0.25, 0.3) is 0 Å². The maximum absolute atomic E-state index is 12.0. The standard InChI is InChI=1S/C15H17Cl5N6O/c1-8(26(2,3)27)7-21-13-23-12(15(18,19)20)24-14(25-13)22-9-4-5-10(16)11(17)6-9/h4-6,8H,7H2,1-3H3,(H2,21,22,23,24,25). The topological polar surface area (TPSA) is 85.8 Å². The lowest BCUT2D eigenvalue weighted by Gasteiger charge is -2.40.